The van der Waals surface area contributed by atoms with Gasteiger partial charge < -0.3 is 19.1 Å². The Morgan fingerprint density at radius 1 is 1.31 bits per heavy atom. The number of nitrogens with zero attached hydrogens (tertiary/aromatic N) is 3. The molecule has 1 atom stereocenters. The number of hydrogen-bond acceptors (Lipinski definition) is 10. The summed E-state index contributed by atoms with van der Waals surface area (Å²) >= 11 is 0. The Morgan fingerprint density at radius 3 is 2.52 bits per heavy atom. The third kappa shape index (κ3) is 3.05. The van der Waals surface area contributed by atoms with Gasteiger partial charge in [0, 0.05) is 23.4 Å². The van der Waals surface area contributed by atoms with Gasteiger partial charge in [-0.1, -0.05) is 0 Å². The van der Waals surface area contributed by atoms with Gasteiger partial charge >= 0.3 is 13.6 Å². The van der Waals surface area contributed by atoms with Crippen molar-refractivity contribution in [3.63, 3.8) is 0 Å². The molecule has 2 aliphatic rings. The van der Waals surface area contributed by atoms with E-state index in [1.807, 2.05) is 0 Å². The van der Waals surface area contributed by atoms with Crippen LogP contribution in [-0.4, -0.2) is 37.1 Å². The summed E-state index contributed by atoms with van der Waals surface area (Å²) in [5.41, 5.74) is -3.16. The highest BCUT2D eigenvalue weighted by molar-refractivity contribution is 7.58. The number of esters is 1. The van der Waals surface area contributed by atoms with Gasteiger partial charge in [0.25, 0.3) is 11.6 Å². The largest absolute Gasteiger partial charge is 0.466 e. The van der Waals surface area contributed by atoms with E-state index in [-0.39, 0.29) is 30.2 Å². The minimum atomic E-state index is -4.13. The molecule has 1 aromatic rings. The fourth-order valence-electron chi connectivity index (χ4n) is 3.15. The normalized spacial score (nSPS) is 20.2. The van der Waals surface area contributed by atoms with Gasteiger partial charge in [0.1, 0.15) is 5.57 Å². The minimum absolute atomic E-state index is 0.00963. The number of carbonyl (C=O) groups is 2. The maximum atomic E-state index is 13.3. The number of amides is 1. The second-order valence-electron chi connectivity index (χ2n) is 5.87. The van der Waals surface area contributed by atoms with Crippen molar-refractivity contribution in [1.82, 2.24) is 0 Å². The molecule has 0 radical (unpaired) electrons. The number of ether oxygens (including phenoxy) is 1. The number of methoxy groups -OCH3 is 1. The molecule has 13 heteroatoms. The molecular weight excluding hydrogens is 407 g/mol. The summed E-state index contributed by atoms with van der Waals surface area (Å²) in [6.07, 6.45) is 0. The maximum absolute atomic E-state index is 13.3. The number of hydrogen-bond donors (Lipinski definition) is 1. The number of nitro groups is 1. The number of nitro benzene ring substituents is 1. The van der Waals surface area contributed by atoms with Crippen molar-refractivity contribution in [2.24, 2.45) is 10.2 Å². The zero-order valence-corrected chi connectivity index (χ0v) is 16.6. The molecular formula is C16H17N4O8P. The van der Waals surface area contributed by atoms with Crippen LogP contribution >= 0.6 is 7.60 Å². The van der Waals surface area contributed by atoms with E-state index in [2.05, 4.69) is 15.5 Å². The monoisotopic (exact) mass is 424 g/mol. The van der Waals surface area contributed by atoms with Crippen molar-refractivity contribution < 1.29 is 32.9 Å². The lowest BCUT2D eigenvalue weighted by Crippen LogP contribution is -2.36. The van der Waals surface area contributed by atoms with Crippen molar-refractivity contribution in [3.05, 3.63) is 44.9 Å². The zero-order valence-electron chi connectivity index (χ0n) is 15.7. The molecule has 0 saturated carbocycles. The molecule has 12 nitrogen and oxygen atoms in total. The number of carbonyl (C=O) groups excluding carboxylic acids is 2. The van der Waals surface area contributed by atoms with E-state index in [4.69, 9.17) is 13.8 Å². The molecule has 0 saturated heterocycles. The Hall–Kier alpha value is -2.95. The van der Waals surface area contributed by atoms with Crippen molar-refractivity contribution in [1.29, 1.82) is 0 Å². The second kappa shape index (κ2) is 7.47. The first-order chi connectivity index (χ1) is 13.7. The molecule has 1 aromatic carbocycles. The molecule has 0 fully saturated rings. The minimum Gasteiger partial charge on any atom is -0.466 e. The number of anilines is 1. The molecule has 1 unspecified atom stereocenters. The Kier molecular flexibility index (Phi) is 5.35. The van der Waals surface area contributed by atoms with E-state index in [0.717, 1.165) is 13.2 Å². The van der Waals surface area contributed by atoms with E-state index in [1.165, 1.54) is 12.1 Å². The number of benzene rings is 1. The van der Waals surface area contributed by atoms with Gasteiger partial charge in [-0.2, -0.15) is 5.11 Å². The van der Waals surface area contributed by atoms with Crippen LogP contribution in [0.4, 0.5) is 11.4 Å². The van der Waals surface area contributed by atoms with Gasteiger partial charge in [0.15, 0.2) is 5.44 Å². The van der Waals surface area contributed by atoms with Gasteiger partial charge in [-0.15, -0.1) is 5.11 Å². The third-order valence-corrected chi connectivity index (χ3v) is 6.34. The first-order valence-corrected chi connectivity index (χ1v) is 10.1. The van der Waals surface area contributed by atoms with Gasteiger partial charge in [0.05, 0.1) is 25.2 Å². The van der Waals surface area contributed by atoms with Crippen LogP contribution in [0.5, 0.6) is 0 Å². The molecule has 1 amide bonds. The smallest absolute Gasteiger partial charge is 0.382 e. The van der Waals surface area contributed by atoms with Crippen LogP contribution in [0, 0.1) is 10.1 Å². The van der Waals surface area contributed by atoms with Crippen LogP contribution in [0.1, 0.15) is 19.4 Å². The van der Waals surface area contributed by atoms with E-state index < -0.39 is 40.9 Å². The predicted molar refractivity (Wildman–Crippen MR) is 98.2 cm³/mol. The Balaban J connectivity index is 2.32. The molecule has 2 aliphatic heterocycles. The summed E-state index contributed by atoms with van der Waals surface area (Å²) in [6, 6.07) is 3.61. The number of rotatable bonds is 7. The highest BCUT2D eigenvalue weighted by atomic mass is 31.2. The van der Waals surface area contributed by atoms with E-state index >= 15 is 0 Å². The van der Waals surface area contributed by atoms with Gasteiger partial charge in [0.2, 0.25) is 5.54 Å². The fraction of sp³-hybridized carbons (Fsp3) is 0.375. The third-order valence-electron chi connectivity index (χ3n) is 4.31. The topological polar surface area (TPSA) is 159 Å². The molecule has 3 rings (SSSR count). The summed E-state index contributed by atoms with van der Waals surface area (Å²) in [7, 11) is -3.07. The van der Waals surface area contributed by atoms with E-state index in [9.17, 15) is 24.3 Å². The lowest BCUT2D eigenvalue weighted by atomic mass is 9.85. The Morgan fingerprint density at radius 2 is 1.97 bits per heavy atom. The summed E-state index contributed by atoms with van der Waals surface area (Å²) in [5, 5.41) is 21.5. The van der Waals surface area contributed by atoms with Crippen molar-refractivity contribution in [2.45, 2.75) is 19.4 Å². The molecule has 0 aliphatic carbocycles. The lowest BCUT2D eigenvalue weighted by Gasteiger charge is -2.21. The fourth-order valence-corrected chi connectivity index (χ4v) is 4.83. The summed E-state index contributed by atoms with van der Waals surface area (Å²) in [4.78, 5) is 36.1. The van der Waals surface area contributed by atoms with E-state index in [0.29, 0.717) is 0 Å². The van der Waals surface area contributed by atoms with Crippen molar-refractivity contribution >= 4 is 30.8 Å². The highest BCUT2D eigenvalue weighted by Gasteiger charge is 2.60. The van der Waals surface area contributed by atoms with Crippen LogP contribution < -0.4 is 5.32 Å². The molecule has 1 spiro atoms. The standard InChI is InChI=1S/C16H17N4O8P/c1-4-27-29(25,28-5-2)13-12(14(21)26-3)16(19-18-13)10-8-9(20(23)24)6-7-11(10)17-15(16)22/h6-8H,4-5H2,1-3H3,(H,17,22). The molecule has 1 N–H and O–H groups in total. The molecule has 154 valence electrons. The van der Waals surface area contributed by atoms with Crippen LogP contribution in [0.2, 0.25) is 0 Å². The summed E-state index contributed by atoms with van der Waals surface area (Å²) < 4.78 is 28.5. The molecule has 2 heterocycles. The molecule has 29 heavy (non-hydrogen) atoms. The summed E-state index contributed by atoms with van der Waals surface area (Å²) in [5.74, 6) is -1.84. The van der Waals surface area contributed by atoms with Crippen LogP contribution in [0.3, 0.4) is 0 Å². The predicted octanol–water partition coefficient (Wildman–Crippen LogP) is 2.86. The zero-order chi connectivity index (χ0) is 21.4. The Bertz CT molecular complexity index is 1010. The highest BCUT2D eigenvalue weighted by Crippen LogP contribution is 2.63. The first-order valence-electron chi connectivity index (χ1n) is 8.51. The summed E-state index contributed by atoms with van der Waals surface area (Å²) in [6.45, 7) is 3.05. The first kappa shape index (κ1) is 20.8. The Labute approximate surface area is 164 Å². The van der Waals surface area contributed by atoms with Crippen LogP contribution in [-0.2, 0) is 33.5 Å². The number of azo groups is 1. The number of fused-ring (bicyclic) bond motifs is 2. The van der Waals surface area contributed by atoms with Crippen molar-refractivity contribution in [3.8, 4) is 0 Å². The second-order valence-corrected chi connectivity index (χ2v) is 7.81. The van der Waals surface area contributed by atoms with Crippen molar-refractivity contribution in [2.75, 3.05) is 25.6 Å². The van der Waals surface area contributed by atoms with Crippen LogP contribution in [0.15, 0.2) is 39.4 Å². The quantitative estimate of drug-likeness (QED) is 0.303. The SMILES string of the molecule is CCOP(=O)(OCC)C1=C(C(=O)OC)C2(N=N1)C(=O)Nc1ccc([N+](=O)[O-])cc12. The van der Waals surface area contributed by atoms with Gasteiger partial charge in [-0.3, -0.25) is 19.5 Å². The van der Waals surface area contributed by atoms with E-state index in [1.54, 1.807) is 13.8 Å². The van der Waals surface area contributed by atoms with Gasteiger partial charge in [-0.25, -0.2) is 4.79 Å². The number of nitrogens with one attached hydrogen (secondary N) is 1. The van der Waals surface area contributed by atoms with Crippen LogP contribution in [0.25, 0.3) is 0 Å². The maximum Gasteiger partial charge on any atom is 0.382 e. The average Bonchev–Trinajstić information content (AvgIpc) is 3.21. The molecule has 0 bridgehead atoms. The number of non-ortho nitro benzene ring substituents is 1. The molecule has 0 aromatic heterocycles. The average molecular weight is 424 g/mol. The lowest BCUT2D eigenvalue weighted by molar-refractivity contribution is -0.384. The van der Waals surface area contributed by atoms with Gasteiger partial charge in [-0.05, 0) is 19.9 Å².